The molecule has 7 nitrogen and oxygen atoms in total. The van der Waals surface area contributed by atoms with Gasteiger partial charge in [0.2, 0.25) is 15.9 Å². The van der Waals surface area contributed by atoms with E-state index in [4.69, 9.17) is 0 Å². The van der Waals surface area contributed by atoms with E-state index in [9.17, 15) is 18.3 Å². The highest BCUT2D eigenvalue weighted by Gasteiger charge is 2.32. The van der Waals surface area contributed by atoms with Crippen LogP contribution in [0, 0.1) is 5.92 Å². The molecule has 0 aliphatic carbocycles. The minimum Gasteiger partial charge on any atom is -0.508 e. The molecule has 1 aliphatic rings. The number of rotatable bonds is 6. The van der Waals surface area contributed by atoms with Crippen molar-refractivity contribution in [3.63, 3.8) is 0 Å². The van der Waals surface area contributed by atoms with Crippen molar-refractivity contribution >= 4 is 21.6 Å². The summed E-state index contributed by atoms with van der Waals surface area (Å²) < 4.78 is 27.0. The second kappa shape index (κ2) is 9.97. The predicted octanol–water partition coefficient (Wildman–Crippen LogP) is 3.36. The average molecular weight is 464 g/mol. The molecule has 0 saturated carbocycles. The van der Waals surface area contributed by atoms with E-state index in [1.807, 2.05) is 30.3 Å². The van der Waals surface area contributed by atoms with Crippen molar-refractivity contribution in [1.82, 2.24) is 9.73 Å². The van der Waals surface area contributed by atoms with Gasteiger partial charge in [-0.15, -0.1) is 0 Å². The summed E-state index contributed by atoms with van der Waals surface area (Å²) in [5, 5.41) is 14.0. The van der Waals surface area contributed by atoms with Gasteiger partial charge in [0.25, 0.3) is 0 Å². The minimum absolute atomic E-state index is 0.146. The Labute approximate surface area is 193 Å². The first-order valence-electron chi connectivity index (χ1n) is 10.7. The number of sulfonamides is 1. The first kappa shape index (κ1) is 22.7. The quantitative estimate of drug-likeness (QED) is 0.433. The van der Waals surface area contributed by atoms with Crippen LogP contribution in [0.4, 0.5) is 0 Å². The summed E-state index contributed by atoms with van der Waals surface area (Å²) in [7, 11) is -3.56. The topological polar surface area (TPSA) is 99.1 Å². The number of nitrogens with zero attached hydrogens (tertiary/aromatic N) is 2. The van der Waals surface area contributed by atoms with Gasteiger partial charge in [0, 0.05) is 30.1 Å². The van der Waals surface area contributed by atoms with Crippen molar-refractivity contribution in [3.8, 4) is 5.75 Å². The second-order valence-electron chi connectivity index (χ2n) is 7.84. The number of carbonyl (C=O) groups is 1. The molecule has 0 radical (unpaired) electrons. The molecule has 0 aromatic heterocycles. The molecule has 8 heteroatoms. The summed E-state index contributed by atoms with van der Waals surface area (Å²) in [6.45, 7) is 0.561. The summed E-state index contributed by atoms with van der Waals surface area (Å²) in [5.41, 5.74) is 4.82. The molecule has 0 atom stereocenters. The van der Waals surface area contributed by atoms with Gasteiger partial charge >= 0.3 is 0 Å². The van der Waals surface area contributed by atoms with Gasteiger partial charge in [0.1, 0.15) is 5.75 Å². The first-order valence-corrected chi connectivity index (χ1v) is 12.2. The van der Waals surface area contributed by atoms with Gasteiger partial charge in [0.15, 0.2) is 0 Å². The fourth-order valence-electron chi connectivity index (χ4n) is 3.81. The predicted molar refractivity (Wildman–Crippen MR) is 126 cm³/mol. The Morgan fingerprint density at radius 3 is 2.00 bits per heavy atom. The maximum Gasteiger partial charge on any atom is 0.243 e. The van der Waals surface area contributed by atoms with Crippen LogP contribution in [0.3, 0.4) is 0 Å². The van der Waals surface area contributed by atoms with Crippen molar-refractivity contribution in [2.24, 2.45) is 11.0 Å². The van der Waals surface area contributed by atoms with Gasteiger partial charge in [-0.1, -0.05) is 48.5 Å². The molecule has 0 spiro atoms. The zero-order chi connectivity index (χ0) is 23.3. The fourth-order valence-corrected chi connectivity index (χ4v) is 5.30. The molecule has 1 fully saturated rings. The van der Waals surface area contributed by atoms with Crippen molar-refractivity contribution in [3.05, 3.63) is 96.1 Å². The third kappa shape index (κ3) is 5.30. The van der Waals surface area contributed by atoms with Gasteiger partial charge < -0.3 is 5.11 Å². The van der Waals surface area contributed by atoms with Gasteiger partial charge in [-0.25, -0.2) is 13.8 Å². The highest BCUT2D eigenvalue weighted by molar-refractivity contribution is 7.89. The van der Waals surface area contributed by atoms with Crippen molar-refractivity contribution in [1.29, 1.82) is 0 Å². The Hall–Kier alpha value is -3.49. The molecule has 3 aromatic carbocycles. The maximum atomic E-state index is 12.8. The number of phenols is 1. The first-order chi connectivity index (χ1) is 15.9. The number of benzene rings is 3. The smallest absolute Gasteiger partial charge is 0.243 e. The highest BCUT2D eigenvalue weighted by Crippen LogP contribution is 2.24. The molecular weight excluding hydrogens is 438 g/mol. The Balaban J connectivity index is 1.45. The normalized spacial score (nSPS) is 15.8. The van der Waals surface area contributed by atoms with Crippen LogP contribution in [0.15, 0.2) is 94.9 Å². The molecule has 4 rings (SSSR count). The molecule has 1 aliphatic heterocycles. The molecule has 1 amide bonds. The Kier molecular flexibility index (Phi) is 6.86. The van der Waals surface area contributed by atoms with Crippen LogP contribution in [0.1, 0.15) is 24.0 Å². The lowest BCUT2D eigenvalue weighted by atomic mass is 9.97. The molecule has 1 heterocycles. The fraction of sp³-hybridized carbons (Fsp3) is 0.200. The number of nitrogens with one attached hydrogen (secondary N) is 1. The maximum absolute atomic E-state index is 12.8. The number of hydrazone groups is 1. The molecule has 3 aromatic rings. The molecule has 2 N–H and O–H groups in total. The van der Waals surface area contributed by atoms with Gasteiger partial charge in [-0.2, -0.15) is 9.41 Å². The number of hydrogen-bond acceptors (Lipinski definition) is 5. The van der Waals surface area contributed by atoms with E-state index in [1.165, 1.54) is 4.31 Å². The van der Waals surface area contributed by atoms with Gasteiger partial charge in [-0.3, -0.25) is 4.79 Å². The summed E-state index contributed by atoms with van der Waals surface area (Å²) in [6.07, 6.45) is 0.848. The molecule has 1 saturated heterocycles. The summed E-state index contributed by atoms with van der Waals surface area (Å²) in [4.78, 5) is 13.1. The van der Waals surface area contributed by atoms with Crippen LogP contribution >= 0.6 is 0 Å². The lowest BCUT2D eigenvalue weighted by molar-refractivity contribution is -0.126. The largest absolute Gasteiger partial charge is 0.508 e. The van der Waals surface area contributed by atoms with Crippen LogP contribution in [-0.4, -0.2) is 42.5 Å². The molecule has 0 bridgehead atoms. The molecular formula is C25H25N3O4S. The molecule has 33 heavy (non-hydrogen) atoms. The third-order valence-electron chi connectivity index (χ3n) is 5.67. The van der Waals surface area contributed by atoms with Crippen molar-refractivity contribution in [2.75, 3.05) is 13.1 Å². The SMILES string of the molecule is O=C(N/N=C(\c1ccccc1)c1ccc(O)cc1)C1CCN(S(=O)(=O)c2ccccc2)CC1. The summed E-state index contributed by atoms with van der Waals surface area (Å²) in [6, 6.07) is 24.4. The van der Waals surface area contributed by atoms with E-state index in [-0.39, 0.29) is 35.6 Å². The van der Waals surface area contributed by atoms with Gasteiger partial charge in [-0.05, 0) is 49.2 Å². The van der Waals surface area contributed by atoms with Crippen molar-refractivity contribution < 1.29 is 18.3 Å². The lowest BCUT2D eigenvalue weighted by Crippen LogP contribution is -2.42. The van der Waals surface area contributed by atoms with Crippen LogP contribution < -0.4 is 5.43 Å². The number of aromatic hydroxyl groups is 1. The zero-order valence-corrected chi connectivity index (χ0v) is 18.8. The lowest BCUT2D eigenvalue weighted by Gasteiger charge is -2.30. The number of piperidine rings is 1. The highest BCUT2D eigenvalue weighted by atomic mass is 32.2. The second-order valence-corrected chi connectivity index (χ2v) is 9.78. The molecule has 0 unspecified atom stereocenters. The average Bonchev–Trinajstić information content (AvgIpc) is 2.86. The zero-order valence-electron chi connectivity index (χ0n) is 18.0. The monoisotopic (exact) mass is 463 g/mol. The van der Waals surface area contributed by atoms with Crippen LogP contribution in [0.5, 0.6) is 5.75 Å². The van der Waals surface area contributed by atoms with E-state index in [0.29, 0.717) is 18.6 Å². The molecule has 170 valence electrons. The van der Waals surface area contributed by atoms with E-state index < -0.39 is 10.0 Å². The Bertz CT molecular complexity index is 1220. The number of phenolic OH excluding ortho intramolecular Hbond substituents is 1. The van der Waals surface area contributed by atoms with Crippen LogP contribution in [-0.2, 0) is 14.8 Å². The van der Waals surface area contributed by atoms with E-state index in [1.54, 1.807) is 54.6 Å². The number of amides is 1. The minimum atomic E-state index is -3.56. The van der Waals surface area contributed by atoms with E-state index in [2.05, 4.69) is 10.5 Å². The number of carbonyl (C=O) groups excluding carboxylic acids is 1. The standard InChI is InChI=1S/C25H25N3O4S/c29-22-13-11-20(12-14-22)24(19-7-3-1-4-8-19)26-27-25(30)21-15-17-28(18-16-21)33(31,32)23-9-5-2-6-10-23/h1-14,21,29H,15-18H2,(H,27,30)/b26-24+. The summed E-state index contributed by atoms with van der Waals surface area (Å²) in [5.74, 6) is -0.417. The van der Waals surface area contributed by atoms with Crippen molar-refractivity contribution in [2.45, 2.75) is 17.7 Å². The Morgan fingerprint density at radius 2 is 1.39 bits per heavy atom. The van der Waals surface area contributed by atoms with Gasteiger partial charge in [0.05, 0.1) is 10.6 Å². The van der Waals surface area contributed by atoms with E-state index in [0.717, 1.165) is 11.1 Å². The summed E-state index contributed by atoms with van der Waals surface area (Å²) >= 11 is 0. The van der Waals surface area contributed by atoms with Crippen LogP contribution in [0.25, 0.3) is 0 Å². The number of hydrogen-bond donors (Lipinski definition) is 2. The third-order valence-corrected chi connectivity index (χ3v) is 7.58. The van der Waals surface area contributed by atoms with E-state index >= 15 is 0 Å². The van der Waals surface area contributed by atoms with Crippen LogP contribution in [0.2, 0.25) is 0 Å². The Morgan fingerprint density at radius 1 is 0.848 bits per heavy atom.